The number of carbonyl (C=O) groups is 1. The Morgan fingerprint density at radius 2 is 1.72 bits per heavy atom. The van der Waals surface area contributed by atoms with Crippen LogP contribution in [0, 0.1) is 0 Å². The van der Waals surface area contributed by atoms with Crippen LogP contribution in [-0.4, -0.2) is 37.1 Å². The second-order valence-corrected chi connectivity index (χ2v) is 8.21. The molecule has 0 aromatic heterocycles. The van der Waals surface area contributed by atoms with Crippen molar-refractivity contribution in [2.75, 3.05) is 20.2 Å². The van der Waals surface area contributed by atoms with Crippen LogP contribution >= 0.6 is 0 Å². The predicted octanol–water partition coefficient (Wildman–Crippen LogP) is 4.57. The lowest BCUT2D eigenvalue weighted by molar-refractivity contribution is -0.122. The van der Waals surface area contributed by atoms with Gasteiger partial charge in [0.15, 0.2) is 0 Å². The van der Waals surface area contributed by atoms with Gasteiger partial charge in [-0.3, -0.25) is 9.69 Å². The van der Waals surface area contributed by atoms with Gasteiger partial charge in [-0.15, -0.1) is 0 Å². The van der Waals surface area contributed by atoms with Gasteiger partial charge in [0, 0.05) is 37.7 Å². The standard InChI is InChI=1S/C27H30N2O3/c1-20-18-29(19-23-13-14-24(31-2)17-25(23)32-20)16-15-26(30)28-27(21-9-5-3-6-10-21)22-11-7-4-8-12-22/h3-14,17,20,27H,15-16,18-19H2,1-2H3,(H,28,30). The largest absolute Gasteiger partial charge is 0.497 e. The Hall–Kier alpha value is -3.31. The van der Waals surface area contributed by atoms with E-state index in [0.29, 0.717) is 13.0 Å². The van der Waals surface area contributed by atoms with Gasteiger partial charge >= 0.3 is 0 Å². The van der Waals surface area contributed by atoms with Crippen LogP contribution in [0.3, 0.4) is 0 Å². The van der Waals surface area contributed by atoms with Crippen LogP contribution in [0.15, 0.2) is 78.9 Å². The minimum Gasteiger partial charge on any atom is -0.497 e. The Morgan fingerprint density at radius 3 is 2.34 bits per heavy atom. The number of ether oxygens (including phenoxy) is 2. The van der Waals surface area contributed by atoms with Crippen LogP contribution in [0.25, 0.3) is 0 Å². The minimum absolute atomic E-state index is 0.0350. The molecule has 1 atom stereocenters. The Bertz CT molecular complexity index is 984. The first-order valence-corrected chi connectivity index (χ1v) is 11.1. The Morgan fingerprint density at radius 1 is 1.06 bits per heavy atom. The summed E-state index contributed by atoms with van der Waals surface area (Å²) in [6.07, 6.45) is 0.460. The van der Waals surface area contributed by atoms with Crippen molar-refractivity contribution in [3.05, 3.63) is 95.6 Å². The molecule has 4 rings (SSSR count). The molecule has 0 fully saturated rings. The number of rotatable bonds is 7. The van der Waals surface area contributed by atoms with Crippen LogP contribution in [0.4, 0.5) is 0 Å². The van der Waals surface area contributed by atoms with Crippen molar-refractivity contribution in [2.45, 2.75) is 32.0 Å². The maximum absolute atomic E-state index is 13.0. The summed E-state index contributed by atoms with van der Waals surface area (Å²) < 4.78 is 11.4. The summed E-state index contributed by atoms with van der Waals surface area (Å²) in [5.74, 6) is 1.68. The molecule has 0 aliphatic carbocycles. The second kappa shape index (κ2) is 10.3. The summed E-state index contributed by atoms with van der Waals surface area (Å²) in [5, 5.41) is 3.24. The van der Waals surface area contributed by atoms with E-state index >= 15 is 0 Å². The molecule has 0 saturated carbocycles. The number of fused-ring (bicyclic) bond motifs is 1. The van der Waals surface area contributed by atoms with Gasteiger partial charge in [-0.1, -0.05) is 66.7 Å². The molecule has 0 saturated heterocycles. The third-order valence-corrected chi connectivity index (χ3v) is 5.74. The van der Waals surface area contributed by atoms with Crippen molar-refractivity contribution in [1.29, 1.82) is 0 Å². The van der Waals surface area contributed by atoms with Gasteiger partial charge in [-0.2, -0.15) is 0 Å². The summed E-state index contributed by atoms with van der Waals surface area (Å²) >= 11 is 0. The molecular formula is C27H30N2O3. The number of nitrogens with one attached hydrogen (secondary N) is 1. The number of hydrogen-bond acceptors (Lipinski definition) is 4. The zero-order valence-electron chi connectivity index (χ0n) is 18.7. The summed E-state index contributed by atoms with van der Waals surface area (Å²) in [5.41, 5.74) is 3.26. The maximum Gasteiger partial charge on any atom is 0.222 e. The van der Waals surface area contributed by atoms with Gasteiger partial charge in [0.05, 0.1) is 13.2 Å². The average molecular weight is 431 g/mol. The van der Waals surface area contributed by atoms with Crippen molar-refractivity contribution < 1.29 is 14.3 Å². The predicted molar refractivity (Wildman–Crippen MR) is 126 cm³/mol. The smallest absolute Gasteiger partial charge is 0.222 e. The first-order valence-electron chi connectivity index (χ1n) is 11.1. The number of hydrogen-bond donors (Lipinski definition) is 1. The summed E-state index contributed by atoms with van der Waals surface area (Å²) in [6.45, 7) is 4.24. The van der Waals surface area contributed by atoms with Crippen LogP contribution < -0.4 is 14.8 Å². The van der Waals surface area contributed by atoms with Crippen LogP contribution in [-0.2, 0) is 11.3 Å². The van der Waals surface area contributed by atoms with Gasteiger partial charge in [-0.25, -0.2) is 0 Å². The molecule has 1 aliphatic rings. The highest BCUT2D eigenvalue weighted by Gasteiger charge is 2.22. The topological polar surface area (TPSA) is 50.8 Å². The van der Waals surface area contributed by atoms with E-state index < -0.39 is 0 Å². The van der Waals surface area contributed by atoms with E-state index in [1.165, 1.54) is 0 Å². The van der Waals surface area contributed by atoms with Crippen molar-refractivity contribution in [3.8, 4) is 11.5 Å². The highest BCUT2D eigenvalue weighted by atomic mass is 16.5. The molecule has 5 nitrogen and oxygen atoms in total. The maximum atomic E-state index is 13.0. The van der Waals surface area contributed by atoms with Gasteiger partial charge in [0.25, 0.3) is 0 Å². The number of methoxy groups -OCH3 is 1. The van der Waals surface area contributed by atoms with E-state index in [9.17, 15) is 4.79 Å². The number of nitrogens with zero attached hydrogens (tertiary/aromatic N) is 1. The minimum atomic E-state index is -0.163. The molecule has 1 amide bonds. The van der Waals surface area contributed by atoms with E-state index in [2.05, 4.69) is 41.4 Å². The Kier molecular flexibility index (Phi) is 7.07. The summed E-state index contributed by atoms with van der Waals surface area (Å²) in [7, 11) is 1.66. The molecule has 1 unspecified atom stereocenters. The molecule has 3 aromatic carbocycles. The molecule has 1 aliphatic heterocycles. The molecule has 166 valence electrons. The first kappa shape index (κ1) is 21.9. The Balaban J connectivity index is 1.42. The van der Waals surface area contributed by atoms with Crippen molar-refractivity contribution in [2.24, 2.45) is 0 Å². The fraction of sp³-hybridized carbons (Fsp3) is 0.296. The van der Waals surface area contributed by atoms with E-state index in [0.717, 1.165) is 41.3 Å². The fourth-order valence-corrected chi connectivity index (χ4v) is 4.14. The Labute approximate surface area is 190 Å². The normalized spacial score (nSPS) is 16.0. The third kappa shape index (κ3) is 5.48. The lowest BCUT2D eigenvalue weighted by atomic mass is 9.98. The highest BCUT2D eigenvalue weighted by molar-refractivity contribution is 5.77. The van der Waals surface area contributed by atoms with Gasteiger partial charge in [0.1, 0.15) is 17.6 Å². The van der Waals surface area contributed by atoms with E-state index in [4.69, 9.17) is 9.47 Å². The molecule has 0 radical (unpaired) electrons. The molecule has 0 bridgehead atoms. The van der Waals surface area contributed by atoms with E-state index in [1.54, 1.807) is 7.11 Å². The molecule has 5 heteroatoms. The average Bonchev–Trinajstić information content (AvgIpc) is 2.99. The van der Waals surface area contributed by atoms with E-state index in [1.807, 2.05) is 54.6 Å². The third-order valence-electron chi connectivity index (χ3n) is 5.74. The second-order valence-electron chi connectivity index (χ2n) is 8.21. The number of carbonyl (C=O) groups excluding carboxylic acids is 1. The van der Waals surface area contributed by atoms with Crippen LogP contribution in [0.5, 0.6) is 11.5 Å². The molecule has 1 N–H and O–H groups in total. The SMILES string of the molecule is COc1ccc2c(c1)OC(C)CN(CCC(=O)NC(c1ccccc1)c1ccccc1)C2. The molecule has 3 aromatic rings. The summed E-state index contributed by atoms with van der Waals surface area (Å²) in [6, 6.07) is 26.0. The van der Waals surface area contributed by atoms with Crippen LogP contribution in [0.2, 0.25) is 0 Å². The zero-order valence-corrected chi connectivity index (χ0v) is 18.7. The number of benzene rings is 3. The monoisotopic (exact) mass is 430 g/mol. The zero-order chi connectivity index (χ0) is 22.3. The molecule has 1 heterocycles. The first-order chi connectivity index (χ1) is 15.6. The van der Waals surface area contributed by atoms with Crippen molar-refractivity contribution in [3.63, 3.8) is 0 Å². The van der Waals surface area contributed by atoms with Gasteiger partial charge in [-0.05, 0) is 24.1 Å². The lowest BCUT2D eigenvalue weighted by Gasteiger charge is -2.23. The molecule has 0 spiro atoms. The lowest BCUT2D eigenvalue weighted by Crippen LogP contribution is -2.36. The highest BCUT2D eigenvalue weighted by Crippen LogP contribution is 2.29. The van der Waals surface area contributed by atoms with Crippen molar-refractivity contribution >= 4 is 5.91 Å². The quantitative estimate of drug-likeness (QED) is 0.596. The van der Waals surface area contributed by atoms with Gasteiger partial charge in [0.2, 0.25) is 5.91 Å². The van der Waals surface area contributed by atoms with Gasteiger partial charge < -0.3 is 14.8 Å². The van der Waals surface area contributed by atoms with Crippen LogP contribution in [0.1, 0.15) is 36.1 Å². The molecular weight excluding hydrogens is 400 g/mol. The molecule has 32 heavy (non-hydrogen) atoms. The fourth-order valence-electron chi connectivity index (χ4n) is 4.14. The number of amides is 1. The van der Waals surface area contributed by atoms with E-state index in [-0.39, 0.29) is 18.1 Å². The summed E-state index contributed by atoms with van der Waals surface area (Å²) in [4.78, 5) is 15.2. The van der Waals surface area contributed by atoms with Crippen molar-refractivity contribution in [1.82, 2.24) is 10.2 Å².